The summed E-state index contributed by atoms with van der Waals surface area (Å²) in [5.74, 6) is 0.170. The van der Waals surface area contributed by atoms with E-state index in [2.05, 4.69) is 25.3 Å². The number of carbonyl (C=O) groups is 1. The molecule has 11 heteroatoms. The zero-order valence-corrected chi connectivity index (χ0v) is 12.8. The van der Waals surface area contributed by atoms with E-state index < -0.39 is 16.1 Å². The highest BCUT2D eigenvalue weighted by atomic mass is 32.2. The van der Waals surface area contributed by atoms with Crippen molar-refractivity contribution >= 4 is 27.6 Å². The number of amides is 1. The summed E-state index contributed by atoms with van der Waals surface area (Å²) >= 11 is 0. The molecule has 0 radical (unpaired) electrons. The van der Waals surface area contributed by atoms with Crippen molar-refractivity contribution in [2.24, 2.45) is 7.05 Å². The molecule has 0 aliphatic heterocycles. The summed E-state index contributed by atoms with van der Waals surface area (Å²) in [7, 11) is -1.87. The SMILES string of the molecule is Cc1nc(-c2nnn(C)c2NC(=O)O)ccc1NS(C)(=O)=O. The molecule has 22 heavy (non-hydrogen) atoms. The van der Waals surface area contributed by atoms with Crippen LogP contribution in [0.15, 0.2) is 12.1 Å². The van der Waals surface area contributed by atoms with E-state index in [0.717, 1.165) is 6.26 Å². The molecule has 2 rings (SSSR count). The highest BCUT2D eigenvalue weighted by molar-refractivity contribution is 7.92. The van der Waals surface area contributed by atoms with Crippen molar-refractivity contribution in [2.45, 2.75) is 6.92 Å². The number of hydrogen-bond acceptors (Lipinski definition) is 6. The molecule has 0 aliphatic carbocycles. The van der Waals surface area contributed by atoms with E-state index in [1.807, 2.05) is 0 Å². The Hall–Kier alpha value is -2.69. The Morgan fingerprint density at radius 3 is 2.59 bits per heavy atom. The van der Waals surface area contributed by atoms with E-state index >= 15 is 0 Å². The van der Waals surface area contributed by atoms with Crippen molar-refractivity contribution in [2.75, 3.05) is 16.3 Å². The van der Waals surface area contributed by atoms with Gasteiger partial charge in [-0.05, 0) is 19.1 Å². The monoisotopic (exact) mass is 326 g/mol. The first-order valence-electron chi connectivity index (χ1n) is 6.03. The lowest BCUT2D eigenvalue weighted by Crippen LogP contribution is -2.12. The van der Waals surface area contributed by atoms with Crippen LogP contribution in [0.5, 0.6) is 0 Å². The number of carboxylic acid groups (broad SMARTS) is 1. The van der Waals surface area contributed by atoms with Crippen LogP contribution in [0.2, 0.25) is 0 Å². The summed E-state index contributed by atoms with van der Waals surface area (Å²) in [6, 6.07) is 3.05. The van der Waals surface area contributed by atoms with Gasteiger partial charge in [0.2, 0.25) is 10.0 Å². The maximum atomic E-state index is 11.2. The van der Waals surface area contributed by atoms with Gasteiger partial charge in [0.1, 0.15) is 0 Å². The van der Waals surface area contributed by atoms with Gasteiger partial charge in [0, 0.05) is 7.05 Å². The van der Waals surface area contributed by atoms with Gasteiger partial charge in [0.15, 0.2) is 11.5 Å². The molecule has 0 saturated heterocycles. The molecule has 0 aliphatic rings. The van der Waals surface area contributed by atoms with E-state index in [-0.39, 0.29) is 11.5 Å². The molecule has 1 amide bonds. The van der Waals surface area contributed by atoms with Gasteiger partial charge >= 0.3 is 6.09 Å². The lowest BCUT2D eigenvalue weighted by Gasteiger charge is -2.08. The number of aryl methyl sites for hydroxylation is 2. The number of nitrogens with zero attached hydrogens (tertiary/aromatic N) is 4. The molecule has 0 bridgehead atoms. The van der Waals surface area contributed by atoms with Crippen molar-refractivity contribution in [3.8, 4) is 11.4 Å². The highest BCUT2D eigenvalue weighted by Crippen LogP contribution is 2.26. The molecule has 0 spiro atoms. The highest BCUT2D eigenvalue weighted by Gasteiger charge is 2.17. The molecule has 2 heterocycles. The second-order valence-corrected chi connectivity index (χ2v) is 6.29. The van der Waals surface area contributed by atoms with Crippen molar-refractivity contribution in [1.82, 2.24) is 20.0 Å². The van der Waals surface area contributed by atoms with Gasteiger partial charge in [-0.25, -0.2) is 22.9 Å². The van der Waals surface area contributed by atoms with Gasteiger partial charge in [0.05, 0.1) is 23.3 Å². The van der Waals surface area contributed by atoms with Crippen LogP contribution >= 0.6 is 0 Å². The number of nitrogens with one attached hydrogen (secondary N) is 2. The Morgan fingerprint density at radius 1 is 1.36 bits per heavy atom. The summed E-state index contributed by atoms with van der Waals surface area (Å²) in [4.78, 5) is 15.0. The zero-order valence-electron chi connectivity index (χ0n) is 12.0. The third kappa shape index (κ3) is 3.49. The largest absolute Gasteiger partial charge is 0.465 e. The van der Waals surface area contributed by atoms with Gasteiger partial charge in [-0.1, -0.05) is 5.21 Å². The fourth-order valence-electron chi connectivity index (χ4n) is 1.77. The van der Waals surface area contributed by atoms with E-state index in [9.17, 15) is 13.2 Å². The molecule has 2 aromatic heterocycles. The van der Waals surface area contributed by atoms with Gasteiger partial charge in [0.25, 0.3) is 0 Å². The van der Waals surface area contributed by atoms with E-state index in [1.54, 1.807) is 6.92 Å². The molecule has 10 nitrogen and oxygen atoms in total. The van der Waals surface area contributed by atoms with E-state index in [1.165, 1.54) is 23.9 Å². The van der Waals surface area contributed by atoms with Gasteiger partial charge < -0.3 is 5.11 Å². The molecular weight excluding hydrogens is 312 g/mol. The van der Waals surface area contributed by atoms with Crippen molar-refractivity contribution in [1.29, 1.82) is 0 Å². The Kier molecular flexibility index (Phi) is 3.99. The third-order valence-electron chi connectivity index (χ3n) is 2.68. The summed E-state index contributed by atoms with van der Waals surface area (Å²) < 4.78 is 26.1. The van der Waals surface area contributed by atoms with Crippen molar-refractivity contribution < 1.29 is 18.3 Å². The minimum Gasteiger partial charge on any atom is -0.465 e. The molecule has 0 aromatic carbocycles. The predicted molar refractivity (Wildman–Crippen MR) is 79.1 cm³/mol. The average molecular weight is 326 g/mol. The van der Waals surface area contributed by atoms with Gasteiger partial charge in [-0.2, -0.15) is 0 Å². The van der Waals surface area contributed by atoms with E-state index in [4.69, 9.17) is 5.11 Å². The number of hydrogen-bond donors (Lipinski definition) is 3. The third-order valence-corrected chi connectivity index (χ3v) is 3.27. The number of aromatic nitrogens is 4. The smallest absolute Gasteiger partial charge is 0.410 e. The zero-order chi connectivity index (χ0) is 16.5. The molecule has 3 N–H and O–H groups in total. The van der Waals surface area contributed by atoms with Crippen LogP contribution in [0.4, 0.5) is 16.3 Å². The van der Waals surface area contributed by atoms with Crippen LogP contribution in [-0.4, -0.2) is 45.9 Å². The predicted octanol–water partition coefficient (Wildman–Crippen LogP) is 0.647. The Balaban J connectivity index is 2.43. The molecule has 0 fully saturated rings. The van der Waals surface area contributed by atoms with Crippen LogP contribution in [0.3, 0.4) is 0 Å². The summed E-state index contributed by atoms with van der Waals surface area (Å²) in [6.07, 6.45) is -0.212. The van der Waals surface area contributed by atoms with Gasteiger partial charge in [-0.3, -0.25) is 10.0 Å². The molecule has 0 saturated carbocycles. The van der Waals surface area contributed by atoms with Crippen molar-refractivity contribution in [3.05, 3.63) is 17.8 Å². The van der Waals surface area contributed by atoms with E-state index in [0.29, 0.717) is 17.1 Å². The van der Waals surface area contributed by atoms with Crippen molar-refractivity contribution in [3.63, 3.8) is 0 Å². The van der Waals surface area contributed by atoms with Crippen LogP contribution in [0.25, 0.3) is 11.4 Å². The van der Waals surface area contributed by atoms with Crippen LogP contribution in [-0.2, 0) is 17.1 Å². The first-order valence-corrected chi connectivity index (χ1v) is 7.92. The Labute approximate surface area is 126 Å². The lowest BCUT2D eigenvalue weighted by molar-refractivity contribution is 0.209. The fraction of sp³-hybridized carbons (Fsp3) is 0.273. The minimum absolute atomic E-state index is 0.170. The average Bonchev–Trinajstić information content (AvgIpc) is 2.72. The standard InChI is InChI=1S/C11H14N6O4S/c1-6-7(15-22(3,20)21)4-5-8(12-6)9-10(13-11(18)19)17(2)16-14-9/h4-5,13,15H,1-3H3,(H,18,19). The second kappa shape index (κ2) is 5.60. The number of anilines is 2. The fourth-order valence-corrected chi connectivity index (χ4v) is 2.39. The summed E-state index contributed by atoms with van der Waals surface area (Å²) in [5.41, 5.74) is 1.38. The summed E-state index contributed by atoms with van der Waals surface area (Å²) in [6.45, 7) is 1.62. The molecule has 2 aromatic rings. The summed E-state index contributed by atoms with van der Waals surface area (Å²) in [5, 5.41) is 18.6. The quantitative estimate of drug-likeness (QED) is 0.749. The second-order valence-electron chi connectivity index (χ2n) is 4.54. The topological polar surface area (TPSA) is 139 Å². The van der Waals surface area contributed by atoms with Gasteiger partial charge in [-0.15, -0.1) is 5.10 Å². The minimum atomic E-state index is -3.41. The molecule has 0 unspecified atom stereocenters. The number of rotatable bonds is 4. The number of pyridine rings is 1. The maximum absolute atomic E-state index is 11.2. The Morgan fingerprint density at radius 2 is 2.05 bits per heavy atom. The van der Waals surface area contributed by atoms with Crippen LogP contribution in [0.1, 0.15) is 5.69 Å². The first kappa shape index (κ1) is 15.7. The normalized spacial score (nSPS) is 11.2. The first-order chi connectivity index (χ1) is 10.2. The Bertz CT molecular complexity index is 829. The molecule has 0 atom stereocenters. The van der Waals surface area contributed by atoms with Crippen LogP contribution < -0.4 is 10.0 Å². The number of sulfonamides is 1. The van der Waals surface area contributed by atoms with Crippen LogP contribution in [0, 0.1) is 6.92 Å². The molecular formula is C11H14N6O4S. The maximum Gasteiger partial charge on any atom is 0.410 e. The molecule has 118 valence electrons. The lowest BCUT2D eigenvalue weighted by atomic mass is 10.2.